The lowest BCUT2D eigenvalue weighted by Gasteiger charge is -2.33. The summed E-state index contributed by atoms with van der Waals surface area (Å²) < 4.78 is 0.974. The molecule has 1 heterocycles. The second kappa shape index (κ2) is 5.54. The molecule has 1 aromatic rings. The summed E-state index contributed by atoms with van der Waals surface area (Å²) in [5, 5.41) is 2.94. The summed E-state index contributed by atoms with van der Waals surface area (Å²) >= 11 is 3.40. The molecule has 0 bridgehead atoms. The smallest absolute Gasteiger partial charge is 0.322 e. The fraction of sp³-hybridized carbons (Fsp3) is 0.462. The largest absolute Gasteiger partial charge is 0.322 e. The number of piperidine rings is 1. The molecule has 1 atom stereocenters. The van der Waals surface area contributed by atoms with Gasteiger partial charge < -0.3 is 10.2 Å². The molecule has 2 rings (SSSR count). The van der Waals surface area contributed by atoms with Crippen LogP contribution < -0.4 is 5.32 Å². The van der Waals surface area contributed by atoms with E-state index in [0.717, 1.165) is 29.5 Å². The number of hydrogen-bond donors (Lipinski definition) is 1. The molecule has 1 N–H and O–H groups in total. The van der Waals surface area contributed by atoms with Crippen LogP contribution in [0, 0.1) is 0 Å². The van der Waals surface area contributed by atoms with Crippen molar-refractivity contribution in [1.29, 1.82) is 0 Å². The van der Waals surface area contributed by atoms with Crippen molar-refractivity contribution in [3.05, 3.63) is 28.7 Å². The van der Waals surface area contributed by atoms with E-state index in [-0.39, 0.29) is 6.03 Å². The van der Waals surface area contributed by atoms with Gasteiger partial charge in [-0.05, 0) is 44.4 Å². The van der Waals surface area contributed by atoms with E-state index in [1.807, 2.05) is 29.2 Å². The first kappa shape index (κ1) is 12.4. The van der Waals surface area contributed by atoms with E-state index in [1.54, 1.807) is 0 Å². The van der Waals surface area contributed by atoms with Gasteiger partial charge in [0, 0.05) is 22.7 Å². The summed E-state index contributed by atoms with van der Waals surface area (Å²) in [7, 11) is 0. The van der Waals surface area contributed by atoms with E-state index in [9.17, 15) is 4.79 Å². The van der Waals surface area contributed by atoms with Crippen LogP contribution in [0.3, 0.4) is 0 Å². The van der Waals surface area contributed by atoms with Crippen LogP contribution in [-0.4, -0.2) is 23.5 Å². The lowest BCUT2D eigenvalue weighted by molar-refractivity contribution is 0.170. The molecule has 2 amide bonds. The van der Waals surface area contributed by atoms with Gasteiger partial charge in [-0.3, -0.25) is 0 Å². The Labute approximate surface area is 110 Å². The summed E-state index contributed by atoms with van der Waals surface area (Å²) in [5.41, 5.74) is 0.835. The minimum Gasteiger partial charge on any atom is -0.322 e. The molecule has 0 saturated carbocycles. The lowest BCUT2D eigenvalue weighted by atomic mass is 10.0. The molecule has 1 aliphatic rings. The van der Waals surface area contributed by atoms with Crippen LogP contribution in [0.25, 0.3) is 0 Å². The van der Waals surface area contributed by atoms with Gasteiger partial charge in [0.05, 0.1) is 0 Å². The monoisotopic (exact) mass is 296 g/mol. The second-order valence-corrected chi connectivity index (χ2v) is 5.39. The molecule has 1 fully saturated rings. The molecule has 3 nitrogen and oxygen atoms in total. The van der Waals surface area contributed by atoms with Crippen LogP contribution in [0.4, 0.5) is 10.5 Å². The SMILES string of the molecule is CC1CCCCN1C(=O)Nc1cccc(Br)c1. The Hall–Kier alpha value is -1.03. The van der Waals surface area contributed by atoms with Crippen molar-refractivity contribution >= 4 is 27.6 Å². The number of nitrogens with zero attached hydrogens (tertiary/aromatic N) is 1. The van der Waals surface area contributed by atoms with Gasteiger partial charge in [0.15, 0.2) is 0 Å². The normalized spacial score (nSPS) is 20.1. The summed E-state index contributed by atoms with van der Waals surface area (Å²) in [6.07, 6.45) is 3.43. The Balaban J connectivity index is 2.01. The highest BCUT2D eigenvalue weighted by Gasteiger charge is 2.22. The van der Waals surface area contributed by atoms with Crippen LogP contribution in [-0.2, 0) is 0 Å². The number of likely N-dealkylation sites (tertiary alicyclic amines) is 1. The Bertz CT molecular complexity index is 408. The molecule has 1 unspecified atom stereocenters. The van der Waals surface area contributed by atoms with Crippen LogP contribution in [0.1, 0.15) is 26.2 Å². The number of benzene rings is 1. The molecule has 0 radical (unpaired) electrons. The molecule has 1 aliphatic heterocycles. The molecule has 1 saturated heterocycles. The minimum absolute atomic E-state index is 0.00954. The fourth-order valence-electron chi connectivity index (χ4n) is 2.16. The van der Waals surface area contributed by atoms with Gasteiger partial charge in [-0.1, -0.05) is 22.0 Å². The maximum Gasteiger partial charge on any atom is 0.322 e. The molecule has 1 aromatic carbocycles. The third-order valence-electron chi connectivity index (χ3n) is 3.14. The second-order valence-electron chi connectivity index (χ2n) is 4.48. The van der Waals surface area contributed by atoms with Crippen molar-refractivity contribution in [2.75, 3.05) is 11.9 Å². The van der Waals surface area contributed by atoms with Crippen molar-refractivity contribution < 1.29 is 4.79 Å². The van der Waals surface area contributed by atoms with Gasteiger partial charge in [0.25, 0.3) is 0 Å². The van der Waals surface area contributed by atoms with E-state index in [4.69, 9.17) is 0 Å². The number of halogens is 1. The molecular weight excluding hydrogens is 280 g/mol. The van der Waals surface area contributed by atoms with Crippen molar-refractivity contribution in [3.63, 3.8) is 0 Å². The zero-order chi connectivity index (χ0) is 12.3. The Kier molecular flexibility index (Phi) is 4.05. The molecule has 0 aliphatic carbocycles. The first-order valence-corrected chi connectivity index (χ1v) is 6.79. The molecule has 4 heteroatoms. The first-order valence-electron chi connectivity index (χ1n) is 6.00. The Morgan fingerprint density at radius 2 is 2.29 bits per heavy atom. The maximum atomic E-state index is 12.1. The molecular formula is C13H17BrN2O. The standard InChI is InChI=1S/C13H17BrN2O/c1-10-5-2-3-8-16(10)13(17)15-12-7-4-6-11(14)9-12/h4,6-7,9-10H,2-3,5,8H2,1H3,(H,15,17). The molecule has 92 valence electrons. The predicted molar refractivity (Wildman–Crippen MR) is 73.2 cm³/mol. The highest BCUT2D eigenvalue weighted by molar-refractivity contribution is 9.10. The summed E-state index contributed by atoms with van der Waals surface area (Å²) in [5.74, 6) is 0. The topological polar surface area (TPSA) is 32.3 Å². The molecule has 17 heavy (non-hydrogen) atoms. The quantitative estimate of drug-likeness (QED) is 0.839. The van der Waals surface area contributed by atoms with Crippen LogP contribution in [0.2, 0.25) is 0 Å². The summed E-state index contributed by atoms with van der Waals surface area (Å²) in [6, 6.07) is 8.02. The Morgan fingerprint density at radius 3 is 3.00 bits per heavy atom. The number of amides is 2. The Morgan fingerprint density at radius 1 is 1.47 bits per heavy atom. The summed E-state index contributed by atoms with van der Waals surface area (Å²) in [4.78, 5) is 14.0. The van der Waals surface area contributed by atoms with Gasteiger partial charge in [-0.25, -0.2) is 4.79 Å². The minimum atomic E-state index is 0.00954. The third-order valence-corrected chi connectivity index (χ3v) is 3.63. The van der Waals surface area contributed by atoms with Crippen molar-refractivity contribution in [1.82, 2.24) is 4.90 Å². The average Bonchev–Trinajstić information content (AvgIpc) is 2.29. The van der Waals surface area contributed by atoms with Crippen molar-refractivity contribution in [2.24, 2.45) is 0 Å². The first-order chi connectivity index (χ1) is 8.16. The van der Waals surface area contributed by atoms with Gasteiger partial charge in [-0.15, -0.1) is 0 Å². The average molecular weight is 297 g/mol. The summed E-state index contributed by atoms with van der Waals surface area (Å²) in [6.45, 7) is 2.97. The van der Waals surface area contributed by atoms with E-state index >= 15 is 0 Å². The maximum absolute atomic E-state index is 12.1. The number of hydrogen-bond acceptors (Lipinski definition) is 1. The van der Waals surface area contributed by atoms with Gasteiger partial charge in [0.1, 0.15) is 0 Å². The number of carbonyl (C=O) groups excluding carboxylic acids is 1. The number of rotatable bonds is 1. The number of nitrogens with one attached hydrogen (secondary N) is 1. The van der Waals surface area contributed by atoms with Crippen LogP contribution in [0.15, 0.2) is 28.7 Å². The zero-order valence-corrected chi connectivity index (χ0v) is 11.5. The van der Waals surface area contributed by atoms with E-state index in [1.165, 1.54) is 6.42 Å². The number of carbonyl (C=O) groups is 1. The van der Waals surface area contributed by atoms with Gasteiger partial charge in [0.2, 0.25) is 0 Å². The highest BCUT2D eigenvalue weighted by atomic mass is 79.9. The van der Waals surface area contributed by atoms with Crippen molar-refractivity contribution in [2.45, 2.75) is 32.2 Å². The van der Waals surface area contributed by atoms with E-state index in [0.29, 0.717) is 6.04 Å². The van der Waals surface area contributed by atoms with E-state index in [2.05, 4.69) is 28.2 Å². The third kappa shape index (κ3) is 3.22. The molecule has 0 aromatic heterocycles. The van der Waals surface area contributed by atoms with E-state index < -0.39 is 0 Å². The van der Waals surface area contributed by atoms with Gasteiger partial charge >= 0.3 is 6.03 Å². The van der Waals surface area contributed by atoms with Crippen LogP contribution >= 0.6 is 15.9 Å². The molecule has 0 spiro atoms. The predicted octanol–water partition coefficient (Wildman–Crippen LogP) is 3.86. The van der Waals surface area contributed by atoms with Crippen molar-refractivity contribution in [3.8, 4) is 0 Å². The lowest BCUT2D eigenvalue weighted by Crippen LogP contribution is -2.44. The van der Waals surface area contributed by atoms with Gasteiger partial charge in [-0.2, -0.15) is 0 Å². The zero-order valence-electron chi connectivity index (χ0n) is 9.95. The number of urea groups is 1. The highest BCUT2D eigenvalue weighted by Crippen LogP contribution is 2.19. The fourth-order valence-corrected chi connectivity index (χ4v) is 2.56. The number of anilines is 1. The van der Waals surface area contributed by atoms with Crippen LogP contribution in [0.5, 0.6) is 0 Å².